The van der Waals surface area contributed by atoms with E-state index in [1.165, 1.54) is 24.2 Å². The molecule has 4 aromatic rings. The minimum atomic E-state index is -4.51. The van der Waals surface area contributed by atoms with Crippen molar-refractivity contribution in [3.8, 4) is 16.9 Å². The van der Waals surface area contributed by atoms with Crippen LogP contribution < -0.4 is 10.1 Å². The number of hydrogen-bond acceptors (Lipinski definition) is 7. The minimum Gasteiger partial charge on any atom is -0.495 e. The lowest BCUT2D eigenvalue weighted by atomic mass is 10.0. The Hall–Kier alpha value is -4.16. The van der Waals surface area contributed by atoms with Crippen LogP contribution in [0.15, 0.2) is 61.1 Å². The smallest absolute Gasteiger partial charge is 0.395 e. The zero-order valence-corrected chi connectivity index (χ0v) is 21.9. The van der Waals surface area contributed by atoms with Gasteiger partial charge in [-0.15, -0.1) is 0 Å². The number of rotatable bonds is 9. The number of fused-ring (bicyclic) bond motifs is 1. The number of amides is 1. The molecule has 1 aliphatic heterocycles. The van der Waals surface area contributed by atoms with E-state index in [-0.39, 0.29) is 12.0 Å². The molecule has 3 heterocycles. The molecule has 1 unspecified atom stereocenters. The third-order valence-electron chi connectivity index (χ3n) is 6.96. The lowest BCUT2D eigenvalue weighted by molar-refractivity contribution is -0.187. The number of nitrogens with one attached hydrogen (secondary N) is 1. The number of benzene rings is 2. The molecule has 2 aromatic carbocycles. The van der Waals surface area contributed by atoms with Crippen LogP contribution in [0, 0.1) is 5.92 Å². The van der Waals surface area contributed by atoms with Gasteiger partial charge in [-0.05, 0) is 41.3 Å². The summed E-state index contributed by atoms with van der Waals surface area (Å²) in [6, 6.07) is 12.6. The van der Waals surface area contributed by atoms with Crippen molar-refractivity contribution >= 4 is 28.2 Å². The van der Waals surface area contributed by atoms with E-state index in [1.807, 2.05) is 24.3 Å². The number of carbonyl (C=O) groups is 1. The average molecular weight is 556 g/mol. The van der Waals surface area contributed by atoms with Crippen LogP contribution in [0.25, 0.3) is 21.9 Å². The van der Waals surface area contributed by atoms with E-state index < -0.39 is 25.2 Å². The second-order valence-corrected chi connectivity index (χ2v) is 9.61. The van der Waals surface area contributed by atoms with Crippen LogP contribution in [0.2, 0.25) is 0 Å². The molecule has 1 atom stereocenters. The summed E-state index contributed by atoms with van der Waals surface area (Å²) in [5, 5.41) is 18.1. The maximum absolute atomic E-state index is 13.0. The van der Waals surface area contributed by atoms with Crippen molar-refractivity contribution in [2.24, 2.45) is 5.92 Å². The highest BCUT2D eigenvalue weighted by molar-refractivity contribution is 5.96. The first-order valence-electron chi connectivity index (χ1n) is 12.6. The molecule has 0 bridgehead atoms. The molecular formula is C28H28F3N5O4. The molecule has 2 N–H and O–H groups in total. The molecule has 1 aliphatic rings. The highest BCUT2D eigenvalue weighted by Gasteiger charge is 2.39. The molecule has 210 valence electrons. The number of methoxy groups -OCH3 is 2. The Kier molecular flexibility index (Phi) is 7.63. The normalized spacial score (nSPS) is 14.7. The fraction of sp³-hybridized carbons (Fsp3) is 0.321. The maximum Gasteiger partial charge on any atom is 0.395 e. The second-order valence-electron chi connectivity index (χ2n) is 9.61. The van der Waals surface area contributed by atoms with E-state index >= 15 is 0 Å². The summed E-state index contributed by atoms with van der Waals surface area (Å²) in [5.74, 6) is -0.959. The van der Waals surface area contributed by atoms with E-state index in [9.17, 15) is 18.0 Å². The molecule has 0 spiro atoms. The topological polar surface area (TPSA) is 102 Å². The maximum atomic E-state index is 13.0. The fourth-order valence-electron chi connectivity index (χ4n) is 4.49. The first-order chi connectivity index (χ1) is 19.2. The van der Waals surface area contributed by atoms with Gasteiger partial charge in [-0.25, -0.2) is 4.98 Å². The highest BCUT2D eigenvalue weighted by Crippen LogP contribution is 2.32. The van der Waals surface area contributed by atoms with Gasteiger partial charge in [0.05, 0.1) is 44.2 Å². The molecule has 9 nitrogen and oxygen atoms in total. The number of aliphatic hydroxyl groups is 1. The fourth-order valence-corrected chi connectivity index (χ4v) is 4.49. The molecule has 1 saturated heterocycles. The third kappa shape index (κ3) is 5.73. The molecule has 0 radical (unpaired) electrons. The number of ether oxygens (including phenoxy) is 2. The minimum absolute atomic E-state index is 0.0652. The van der Waals surface area contributed by atoms with Crippen molar-refractivity contribution in [3.63, 3.8) is 0 Å². The molecule has 0 saturated carbocycles. The van der Waals surface area contributed by atoms with Crippen molar-refractivity contribution in [1.29, 1.82) is 0 Å². The van der Waals surface area contributed by atoms with Crippen molar-refractivity contribution < 1.29 is 32.5 Å². The third-order valence-corrected chi connectivity index (χ3v) is 6.96. The van der Waals surface area contributed by atoms with Crippen LogP contribution in [0.3, 0.4) is 0 Å². The Balaban J connectivity index is 1.33. The number of alkyl halides is 3. The number of aromatic nitrogens is 3. The largest absolute Gasteiger partial charge is 0.495 e. The number of pyridine rings is 1. The van der Waals surface area contributed by atoms with Crippen molar-refractivity contribution in [3.05, 3.63) is 66.6 Å². The summed E-state index contributed by atoms with van der Waals surface area (Å²) < 4.78 is 51.1. The lowest BCUT2D eigenvalue weighted by Gasteiger charge is -2.38. The van der Waals surface area contributed by atoms with E-state index in [2.05, 4.69) is 15.4 Å². The number of likely N-dealkylation sites (tertiary alicyclic amines) is 1. The molecule has 1 fully saturated rings. The van der Waals surface area contributed by atoms with Crippen molar-refractivity contribution in [1.82, 2.24) is 19.7 Å². The molecule has 40 heavy (non-hydrogen) atoms. The molecule has 2 aromatic heterocycles. The first-order valence-corrected chi connectivity index (χ1v) is 12.6. The molecule has 12 heteroatoms. The van der Waals surface area contributed by atoms with E-state index in [0.29, 0.717) is 41.5 Å². The van der Waals surface area contributed by atoms with Gasteiger partial charge in [0, 0.05) is 49.1 Å². The number of halogens is 3. The molecule has 1 amide bonds. The Labute approximate surface area is 228 Å². The summed E-state index contributed by atoms with van der Waals surface area (Å²) in [4.78, 5) is 18.9. The van der Waals surface area contributed by atoms with Crippen molar-refractivity contribution in [2.75, 3.05) is 39.2 Å². The van der Waals surface area contributed by atoms with Gasteiger partial charge in [-0.2, -0.15) is 18.3 Å². The quantitative estimate of drug-likeness (QED) is 0.314. The zero-order chi connectivity index (χ0) is 28.4. The van der Waals surface area contributed by atoms with E-state index in [4.69, 9.17) is 14.6 Å². The summed E-state index contributed by atoms with van der Waals surface area (Å²) >= 11 is 0. The number of anilines is 2. The Morgan fingerprint density at radius 1 is 1.10 bits per heavy atom. The predicted octanol–water partition coefficient (Wildman–Crippen LogP) is 4.49. The number of hydrogen-bond donors (Lipinski definition) is 2. The van der Waals surface area contributed by atoms with Gasteiger partial charge in [0.15, 0.2) is 0 Å². The molecular weight excluding hydrogens is 527 g/mol. The van der Waals surface area contributed by atoms with Crippen LogP contribution in [-0.4, -0.2) is 76.9 Å². The average Bonchev–Trinajstić information content (AvgIpc) is 3.39. The van der Waals surface area contributed by atoms with Gasteiger partial charge in [-0.1, -0.05) is 12.1 Å². The highest BCUT2D eigenvalue weighted by atomic mass is 19.4. The van der Waals surface area contributed by atoms with Crippen LogP contribution >= 0.6 is 0 Å². The first kappa shape index (κ1) is 27.4. The summed E-state index contributed by atoms with van der Waals surface area (Å²) in [7, 11) is 3.15. The van der Waals surface area contributed by atoms with Crippen LogP contribution in [0.4, 0.5) is 24.7 Å². The van der Waals surface area contributed by atoms with Crippen LogP contribution in [0.1, 0.15) is 10.4 Å². The van der Waals surface area contributed by atoms with Gasteiger partial charge < -0.3 is 24.8 Å². The summed E-state index contributed by atoms with van der Waals surface area (Å²) in [5.41, 5.74) is 2.55. The van der Waals surface area contributed by atoms with Gasteiger partial charge >= 0.3 is 6.18 Å². The number of nitrogens with zero attached hydrogens (tertiary/aromatic N) is 4. The summed E-state index contributed by atoms with van der Waals surface area (Å²) in [6.45, 7) is -0.367. The Bertz CT molecular complexity index is 1520. The summed E-state index contributed by atoms with van der Waals surface area (Å²) in [6.07, 6.45) is 0.284. The van der Waals surface area contributed by atoms with Crippen LogP contribution in [-0.2, 0) is 11.3 Å². The van der Waals surface area contributed by atoms with Gasteiger partial charge in [0.25, 0.3) is 5.91 Å². The van der Waals surface area contributed by atoms with Crippen molar-refractivity contribution in [2.45, 2.75) is 18.8 Å². The van der Waals surface area contributed by atoms with Gasteiger partial charge in [0.1, 0.15) is 11.6 Å². The van der Waals surface area contributed by atoms with Gasteiger partial charge in [-0.3, -0.25) is 9.48 Å². The predicted molar refractivity (Wildman–Crippen MR) is 143 cm³/mol. The molecule has 0 aliphatic carbocycles. The second kappa shape index (κ2) is 11.1. The zero-order valence-electron chi connectivity index (χ0n) is 21.9. The Morgan fingerprint density at radius 3 is 2.60 bits per heavy atom. The van der Waals surface area contributed by atoms with Crippen LogP contribution in [0.5, 0.6) is 5.75 Å². The number of aliphatic hydroxyl groups excluding tert-OH is 1. The lowest BCUT2D eigenvalue weighted by Crippen LogP contribution is -2.54. The molecule has 5 rings (SSSR count). The SMILES string of the molecule is COc1cc(C(=O)N2CC(OC)C2)ccc1Nc1cc2cc(-c3cnn(CC(CO)C(F)(F)F)c3)ccc2cn1. The number of carbonyl (C=O) groups excluding carboxylic acids is 1. The Morgan fingerprint density at radius 2 is 1.90 bits per heavy atom. The monoisotopic (exact) mass is 555 g/mol. The van der Waals surface area contributed by atoms with E-state index in [1.54, 1.807) is 36.4 Å². The van der Waals surface area contributed by atoms with Gasteiger partial charge in [0.2, 0.25) is 0 Å². The van der Waals surface area contributed by atoms with E-state index in [0.717, 1.165) is 16.3 Å². The standard InChI is InChI=1S/C28H28F3N5O4/c1-39-23-14-35(15-23)27(38)18-5-6-24(25(8-18)40-2)34-26-9-20-7-17(3-4-19(20)10-32-26)21-11-33-36(12-21)13-22(16-37)28(29,30)31/h3-12,22-23,37H,13-16H2,1-2H3,(H,32,34).